The molecule has 1 heterocycles. The maximum Gasteiger partial charge on any atom is 0.270 e. The molecule has 1 N–H and O–H groups in total. The fraction of sp³-hybridized carbons (Fsp3) is 0. The molecular weight excluding hydrogens is 333 g/mol. The van der Waals surface area contributed by atoms with Gasteiger partial charge in [0.1, 0.15) is 5.82 Å². The second-order valence-electron chi connectivity index (χ2n) is 4.77. The number of hydrogen-bond acceptors (Lipinski definition) is 5. The normalized spacial score (nSPS) is 11.0. The molecule has 0 radical (unpaired) electrons. The van der Waals surface area contributed by atoms with Crippen molar-refractivity contribution in [3.05, 3.63) is 74.8 Å². The second-order valence-corrected chi connectivity index (χ2v) is 5.15. The first kappa shape index (κ1) is 15.7. The highest BCUT2D eigenvalue weighted by Gasteiger charge is 2.09. The summed E-state index contributed by atoms with van der Waals surface area (Å²) >= 11 is 5.13. The third-order valence-electron chi connectivity index (χ3n) is 3.16. The Labute approximate surface area is 140 Å². The van der Waals surface area contributed by atoms with Gasteiger partial charge in [-0.25, -0.2) is 9.49 Å². The predicted molar refractivity (Wildman–Crippen MR) is 88.9 cm³/mol. The van der Waals surface area contributed by atoms with Crippen LogP contribution in [0.4, 0.5) is 10.1 Å². The minimum absolute atomic E-state index is 0.0338. The van der Waals surface area contributed by atoms with Crippen molar-refractivity contribution >= 4 is 24.1 Å². The average molecular weight is 343 g/mol. The van der Waals surface area contributed by atoms with Crippen LogP contribution in [0.25, 0.3) is 11.4 Å². The molecule has 0 aliphatic rings. The molecule has 0 saturated heterocycles. The first-order chi connectivity index (χ1) is 11.5. The third-order valence-corrected chi connectivity index (χ3v) is 3.42. The summed E-state index contributed by atoms with van der Waals surface area (Å²) < 4.78 is 14.6. The van der Waals surface area contributed by atoms with Crippen molar-refractivity contribution in [2.75, 3.05) is 0 Å². The van der Waals surface area contributed by atoms with Crippen molar-refractivity contribution in [1.82, 2.24) is 14.9 Å². The molecule has 1 aromatic heterocycles. The van der Waals surface area contributed by atoms with Gasteiger partial charge in [0.25, 0.3) is 5.69 Å². The summed E-state index contributed by atoms with van der Waals surface area (Å²) in [6.07, 6.45) is 1.44. The number of non-ortho nitro benzene ring substituents is 1. The number of nitrogens with one attached hydrogen (secondary N) is 1. The summed E-state index contributed by atoms with van der Waals surface area (Å²) in [6, 6.07) is 11.8. The molecule has 0 atom stereocenters. The lowest BCUT2D eigenvalue weighted by Crippen LogP contribution is -1.96. The third kappa shape index (κ3) is 3.25. The van der Waals surface area contributed by atoms with Gasteiger partial charge in [0.15, 0.2) is 5.82 Å². The monoisotopic (exact) mass is 343 g/mol. The zero-order valence-corrected chi connectivity index (χ0v) is 12.9. The van der Waals surface area contributed by atoms with E-state index in [0.29, 0.717) is 17.0 Å². The van der Waals surface area contributed by atoms with Crippen LogP contribution in [0.15, 0.2) is 53.6 Å². The Kier molecular flexibility index (Phi) is 4.25. The molecule has 3 aromatic rings. The maximum absolute atomic E-state index is 13.0. The summed E-state index contributed by atoms with van der Waals surface area (Å²) in [5.74, 6) is 0.0428. The van der Waals surface area contributed by atoms with Crippen molar-refractivity contribution in [2.24, 2.45) is 5.10 Å². The van der Waals surface area contributed by atoms with Crippen LogP contribution < -0.4 is 0 Å². The summed E-state index contributed by atoms with van der Waals surface area (Å²) in [7, 11) is 0. The van der Waals surface area contributed by atoms with E-state index in [1.807, 2.05) is 0 Å². The van der Waals surface area contributed by atoms with Gasteiger partial charge in [-0.05, 0) is 36.5 Å². The van der Waals surface area contributed by atoms with Crippen molar-refractivity contribution < 1.29 is 9.31 Å². The standard InChI is InChI=1S/C15H10FN5O2S/c16-12-6-4-11(5-7-12)14-18-19-15(24)20(14)17-9-10-2-1-3-13(8-10)21(22)23/h1-9H,(H,19,24)/b17-9-. The Morgan fingerprint density at radius 1 is 1.29 bits per heavy atom. The van der Waals surface area contributed by atoms with Crippen molar-refractivity contribution in [2.45, 2.75) is 0 Å². The predicted octanol–water partition coefficient (Wildman–Crippen LogP) is 3.54. The number of aromatic nitrogens is 3. The van der Waals surface area contributed by atoms with Crippen molar-refractivity contribution in [1.29, 1.82) is 0 Å². The van der Waals surface area contributed by atoms with Gasteiger partial charge in [0, 0.05) is 23.3 Å². The number of rotatable bonds is 4. The molecule has 2 aromatic carbocycles. The first-order valence-electron chi connectivity index (χ1n) is 6.77. The van der Waals surface area contributed by atoms with Gasteiger partial charge in [-0.3, -0.25) is 10.1 Å². The van der Waals surface area contributed by atoms with E-state index in [4.69, 9.17) is 12.2 Å². The van der Waals surface area contributed by atoms with Crippen LogP contribution in [0.3, 0.4) is 0 Å². The quantitative estimate of drug-likeness (QED) is 0.340. The van der Waals surface area contributed by atoms with Crippen LogP contribution in [0, 0.1) is 20.7 Å². The van der Waals surface area contributed by atoms with Gasteiger partial charge >= 0.3 is 0 Å². The number of nitro groups is 1. The molecule has 3 rings (SSSR count). The van der Waals surface area contributed by atoms with Gasteiger partial charge in [0.2, 0.25) is 4.77 Å². The zero-order valence-electron chi connectivity index (χ0n) is 12.1. The Bertz CT molecular complexity index is 978. The van der Waals surface area contributed by atoms with Gasteiger partial charge < -0.3 is 0 Å². The highest BCUT2D eigenvalue weighted by Crippen LogP contribution is 2.18. The summed E-state index contributed by atoms with van der Waals surface area (Å²) in [5, 5.41) is 21.7. The Morgan fingerprint density at radius 3 is 2.75 bits per heavy atom. The largest absolute Gasteiger partial charge is 0.270 e. The molecular formula is C15H10FN5O2S. The molecule has 0 saturated carbocycles. The van der Waals surface area contributed by atoms with E-state index in [2.05, 4.69) is 15.3 Å². The number of nitrogens with zero attached hydrogens (tertiary/aromatic N) is 4. The molecule has 120 valence electrons. The molecule has 0 unspecified atom stereocenters. The van der Waals surface area contributed by atoms with Gasteiger partial charge in [0.05, 0.1) is 11.1 Å². The Morgan fingerprint density at radius 2 is 2.04 bits per heavy atom. The number of nitro benzene ring substituents is 1. The first-order valence-corrected chi connectivity index (χ1v) is 7.17. The van der Waals surface area contributed by atoms with Crippen molar-refractivity contribution in [3.8, 4) is 11.4 Å². The molecule has 7 nitrogen and oxygen atoms in total. The fourth-order valence-electron chi connectivity index (χ4n) is 2.03. The highest BCUT2D eigenvalue weighted by atomic mass is 32.1. The number of H-pyrrole nitrogens is 1. The van der Waals surface area contributed by atoms with Gasteiger partial charge in [-0.15, -0.1) is 0 Å². The Hall–Kier alpha value is -3.20. The van der Waals surface area contributed by atoms with Gasteiger partial charge in [-0.2, -0.15) is 14.9 Å². The molecule has 9 heteroatoms. The molecule has 0 aliphatic heterocycles. The van der Waals surface area contributed by atoms with E-state index in [1.165, 1.54) is 35.2 Å². The lowest BCUT2D eigenvalue weighted by molar-refractivity contribution is -0.384. The van der Waals surface area contributed by atoms with Crippen LogP contribution in [0.2, 0.25) is 0 Å². The molecule has 0 amide bonds. The van der Waals surface area contributed by atoms with E-state index >= 15 is 0 Å². The minimum atomic E-state index is -0.481. The number of aromatic amines is 1. The van der Waals surface area contributed by atoms with E-state index in [0.717, 1.165) is 0 Å². The number of halogens is 1. The minimum Gasteiger partial charge on any atom is -0.258 e. The number of hydrogen-bond donors (Lipinski definition) is 1. The van der Waals surface area contributed by atoms with Crippen LogP contribution in [-0.4, -0.2) is 26.0 Å². The van der Waals surface area contributed by atoms with E-state index in [1.54, 1.807) is 24.3 Å². The molecule has 24 heavy (non-hydrogen) atoms. The smallest absolute Gasteiger partial charge is 0.258 e. The molecule has 0 fully saturated rings. The van der Waals surface area contributed by atoms with Crippen LogP contribution in [-0.2, 0) is 0 Å². The SMILES string of the molecule is O=[N+]([O-])c1cccc(/C=N\n2c(-c3ccc(F)cc3)n[nH]c2=S)c1. The maximum atomic E-state index is 13.0. The zero-order chi connectivity index (χ0) is 17.1. The Balaban J connectivity index is 1.97. The van der Waals surface area contributed by atoms with Crippen LogP contribution in [0.5, 0.6) is 0 Å². The lowest BCUT2D eigenvalue weighted by Gasteiger charge is -2.01. The van der Waals surface area contributed by atoms with E-state index < -0.39 is 4.92 Å². The average Bonchev–Trinajstić information content (AvgIpc) is 2.95. The van der Waals surface area contributed by atoms with Crippen LogP contribution >= 0.6 is 12.2 Å². The lowest BCUT2D eigenvalue weighted by atomic mass is 10.2. The summed E-state index contributed by atoms with van der Waals surface area (Å²) in [6.45, 7) is 0. The van der Waals surface area contributed by atoms with Crippen LogP contribution in [0.1, 0.15) is 5.56 Å². The second kappa shape index (κ2) is 6.50. The summed E-state index contributed by atoms with van der Waals surface area (Å²) in [4.78, 5) is 10.3. The fourth-order valence-corrected chi connectivity index (χ4v) is 2.21. The van der Waals surface area contributed by atoms with E-state index in [-0.39, 0.29) is 16.3 Å². The molecule has 0 spiro atoms. The molecule has 0 bridgehead atoms. The topological polar surface area (TPSA) is 89.1 Å². The van der Waals surface area contributed by atoms with Crippen molar-refractivity contribution in [3.63, 3.8) is 0 Å². The molecule has 0 aliphatic carbocycles. The van der Waals surface area contributed by atoms with E-state index in [9.17, 15) is 14.5 Å². The summed E-state index contributed by atoms with van der Waals surface area (Å²) in [5.41, 5.74) is 1.13. The number of benzene rings is 2. The highest BCUT2D eigenvalue weighted by molar-refractivity contribution is 7.71. The van der Waals surface area contributed by atoms with Gasteiger partial charge in [-0.1, -0.05) is 12.1 Å².